The Balaban J connectivity index is 2.98. The number of benzene rings is 1. The SMILES string of the molecule is Cc1c(C(=O)O)n(C#N)c2ccc(Cl)cc12. The predicted molar refractivity (Wildman–Crippen MR) is 59.7 cm³/mol. The molecule has 1 aromatic carbocycles. The van der Waals surface area contributed by atoms with Gasteiger partial charge in [-0.2, -0.15) is 5.26 Å². The first-order valence-corrected chi connectivity index (χ1v) is 4.88. The number of rotatable bonds is 1. The zero-order valence-corrected chi connectivity index (χ0v) is 9.12. The van der Waals surface area contributed by atoms with Crippen molar-refractivity contribution >= 4 is 28.5 Å². The van der Waals surface area contributed by atoms with Gasteiger partial charge in [0.05, 0.1) is 5.52 Å². The van der Waals surface area contributed by atoms with Crippen molar-refractivity contribution in [2.75, 3.05) is 0 Å². The average molecular weight is 235 g/mol. The minimum absolute atomic E-state index is 0.0141. The second-order valence-corrected chi connectivity index (χ2v) is 3.81. The summed E-state index contributed by atoms with van der Waals surface area (Å²) in [6, 6.07) is 4.93. The van der Waals surface area contributed by atoms with Crippen molar-refractivity contribution < 1.29 is 9.90 Å². The number of hydrogen-bond donors (Lipinski definition) is 1. The van der Waals surface area contributed by atoms with E-state index in [0.717, 1.165) is 4.57 Å². The zero-order valence-electron chi connectivity index (χ0n) is 8.36. The number of aromatic carboxylic acids is 1. The van der Waals surface area contributed by atoms with Crippen molar-refractivity contribution in [3.8, 4) is 6.19 Å². The molecular formula is C11H7ClN2O2. The molecule has 0 aliphatic rings. The maximum Gasteiger partial charge on any atom is 0.353 e. The van der Waals surface area contributed by atoms with Crippen LogP contribution in [0.5, 0.6) is 0 Å². The molecule has 0 saturated heterocycles. The molecule has 1 heterocycles. The van der Waals surface area contributed by atoms with Crippen LogP contribution in [-0.4, -0.2) is 15.6 Å². The van der Waals surface area contributed by atoms with Crippen LogP contribution in [0, 0.1) is 18.4 Å². The summed E-state index contributed by atoms with van der Waals surface area (Å²) in [6.07, 6.45) is 1.85. The second-order valence-electron chi connectivity index (χ2n) is 3.38. The molecule has 0 amide bonds. The number of fused-ring (bicyclic) bond motifs is 1. The summed E-state index contributed by atoms with van der Waals surface area (Å²) in [6.45, 7) is 1.66. The van der Waals surface area contributed by atoms with Gasteiger partial charge >= 0.3 is 5.97 Å². The van der Waals surface area contributed by atoms with E-state index in [1.807, 2.05) is 6.19 Å². The van der Waals surface area contributed by atoms with Crippen LogP contribution in [0.15, 0.2) is 18.2 Å². The first kappa shape index (κ1) is 10.5. The van der Waals surface area contributed by atoms with Gasteiger partial charge in [-0.15, -0.1) is 0 Å². The van der Waals surface area contributed by atoms with Gasteiger partial charge in [0.2, 0.25) is 0 Å². The maximum absolute atomic E-state index is 11.1. The predicted octanol–water partition coefficient (Wildman–Crippen LogP) is 2.63. The Morgan fingerprint density at radius 3 is 2.81 bits per heavy atom. The normalized spacial score (nSPS) is 10.3. The molecule has 16 heavy (non-hydrogen) atoms. The summed E-state index contributed by atoms with van der Waals surface area (Å²) in [5, 5.41) is 19.2. The average Bonchev–Trinajstić information content (AvgIpc) is 2.51. The molecule has 2 aromatic rings. The van der Waals surface area contributed by atoms with Gasteiger partial charge in [-0.25, -0.2) is 9.36 Å². The van der Waals surface area contributed by atoms with Crippen molar-refractivity contribution in [1.82, 2.24) is 4.57 Å². The van der Waals surface area contributed by atoms with Crippen LogP contribution in [0.3, 0.4) is 0 Å². The second kappa shape index (κ2) is 3.54. The van der Waals surface area contributed by atoms with Crippen LogP contribution in [0.1, 0.15) is 16.1 Å². The topological polar surface area (TPSA) is 66.0 Å². The molecule has 0 unspecified atom stereocenters. The summed E-state index contributed by atoms with van der Waals surface area (Å²) in [7, 11) is 0. The number of carboxylic acid groups (broad SMARTS) is 1. The number of halogens is 1. The van der Waals surface area contributed by atoms with Crippen molar-refractivity contribution in [3.63, 3.8) is 0 Å². The van der Waals surface area contributed by atoms with Gasteiger partial charge < -0.3 is 5.11 Å². The molecule has 0 aliphatic carbocycles. The summed E-state index contributed by atoms with van der Waals surface area (Å²) in [5.74, 6) is -1.12. The summed E-state index contributed by atoms with van der Waals surface area (Å²) < 4.78 is 1.10. The number of nitrogens with zero attached hydrogens (tertiary/aromatic N) is 2. The molecule has 0 aliphatic heterocycles. The van der Waals surface area contributed by atoms with Crippen LogP contribution in [0.2, 0.25) is 5.02 Å². The summed E-state index contributed by atoms with van der Waals surface area (Å²) >= 11 is 5.84. The molecular weight excluding hydrogens is 228 g/mol. The van der Waals surface area contributed by atoms with E-state index in [9.17, 15) is 4.79 Å². The molecule has 0 saturated carbocycles. The standard InChI is InChI=1S/C11H7ClN2O2/c1-6-8-4-7(12)2-3-9(8)14(5-13)10(6)11(15)16/h2-4H,1H3,(H,15,16). The Labute approximate surface area is 96.3 Å². The smallest absolute Gasteiger partial charge is 0.353 e. The van der Waals surface area contributed by atoms with Crippen LogP contribution in [0.25, 0.3) is 10.9 Å². The molecule has 80 valence electrons. The third-order valence-electron chi connectivity index (χ3n) is 2.48. The fourth-order valence-corrected chi connectivity index (χ4v) is 1.95. The Morgan fingerprint density at radius 2 is 2.25 bits per heavy atom. The van der Waals surface area contributed by atoms with Crippen molar-refractivity contribution in [3.05, 3.63) is 34.5 Å². The van der Waals surface area contributed by atoms with Crippen molar-refractivity contribution in [1.29, 1.82) is 5.26 Å². The molecule has 1 aromatic heterocycles. The molecule has 0 bridgehead atoms. The molecule has 4 nitrogen and oxygen atoms in total. The number of carbonyl (C=O) groups is 1. The third kappa shape index (κ3) is 1.34. The van der Waals surface area contributed by atoms with Gasteiger partial charge in [0.1, 0.15) is 5.69 Å². The number of aryl methyl sites for hydroxylation is 1. The monoisotopic (exact) mass is 234 g/mol. The van der Waals surface area contributed by atoms with Crippen molar-refractivity contribution in [2.24, 2.45) is 0 Å². The van der Waals surface area contributed by atoms with Gasteiger partial charge in [0.25, 0.3) is 0 Å². The number of aromatic nitrogens is 1. The quantitative estimate of drug-likeness (QED) is 0.825. The van der Waals surface area contributed by atoms with E-state index < -0.39 is 5.97 Å². The zero-order chi connectivity index (χ0) is 11.9. The Bertz CT molecular complexity index is 637. The maximum atomic E-state index is 11.1. The van der Waals surface area contributed by atoms with Gasteiger partial charge in [-0.3, -0.25) is 0 Å². The van der Waals surface area contributed by atoms with E-state index in [1.165, 1.54) is 0 Å². The highest BCUT2D eigenvalue weighted by Crippen LogP contribution is 2.27. The lowest BCUT2D eigenvalue weighted by atomic mass is 10.1. The minimum Gasteiger partial charge on any atom is -0.477 e. The van der Waals surface area contributed by atoms with Gasteiger partial charge in [-0.05, 0) is 30.7 Å². The molecule has 0 spiro atoms. The number of nitriles is 1. The summed E-state index contributed by atoms with van der Waals surface area (Å²) in [4.78, 5) is 11.1. The largest absolute Gasteiger partial charge is 0.477 e. The lowest BCUT2D eigenvalue weighted by Gasteiger charge is -1.95. The molecule has 1 N–H and O–H groups in total. The Kier molecular flexibility index (Phi) is 2.33. The fourth-order valence-electron chi connectivity index (χ4n) is 1.78. The lowest BCUT2D eigenvalue weighted by Crippen LogP contribution is -2.05. The molecule has 2 rings (SSSR count). The molecule has 0 fully saturated rings. The first-order chi connectivity index (χ1) is 7.56. The highest BCUT2D eigenvalue weighted by molar-refractivity contribution is 6.31. The van der Waals surface area contributed by atoms with Gasteiger partial charge in [0, 0.05) is 10.4 Å². The highest BCUT2D eigenvalue weighted by Gasteiger charge is 2.19. The minimum atomic E-state index is -1.12. The fraction of sp³-hybridized carbons (Fsp3) is 0.0909. The molecule has 5 heteroatoms. The van der Waals surface area contributed by atoms with E-state index in [4.69, 9.17) is 22.0 Å². The van der Waals surface area contributed by atoms with Crippen molar-refractivity contribution in [2.45, 2.75) is 6.92 Å². The lowest BCUT2D eigenvalue weighted by molar-refractivity contribution is 0.0688. The molecule has 0 atom stereocenters. The van der Waals surface area contributed by atoms with E-state index in [-0.39, 0.29) is 5.69 Å². The number of carboxylic acids is 1. The third-order valence-corrected chi connectivity index (χ3v) is 2.72. The van der Waals surface area contributed by atoms with Crippen LogP contribution in [0.4, 0.5) is 0 Å². The van der Waals surface area contributed by atoms with Crippen LogP contribution >= 0.6 is 11.6 Å². The Morgan fingerprint density at radius 1 is 1.56 bits per heavy atom. The van der Waals surface area contributed by atoms with E-state index in [2.05, 4.69) is 0 Å². The van der Waals surface area contributed by atoms with E-state index >= 15 is 0 Å². The Hall–Kier alpha value is -1.99. The van der Waals surface area contributed by atoms with E-state index in [1.54, 1.807) is 25.1 Å². The first-order valence-electron chi connectivity index (χ1n) is 4.50. The van der Waals surface area contributed by atoms with Gasteiger partial charge in [-0.1, -0.05) is 11.6 Å². The van der Waals surface area contributed by atoms with Crippen LogP contribution in [-0.2, 0) is 0 Å². The molecule has 0 radical (unpaired) electrons. The summed E-state index contributed by atoms with van der Waals surface area (Å²) in [5.41, 5.74) is 1.09. The number of hydrogen-bond acceptors (Lipinski definition) is 2. The van der Waals surface area contributed by atoms with E-state index in [0.29, 0.717) is 21.5 Å². The van der Waals surface area contributed by atoms with Gasteiger partial charge in [0.15, 0.2) is 6.19 Å². The van der Waals surface area contributed by atoms with Crippen LogP contribution < -0.4 is 0 Å². The highest BCUT2D eigenvalue weighted by atomic mass is 35.5.